The quantitative estimate of drug-likeness (QED) is 0.393. The second kappa shape index (κ2) is 8.23. The lowest BCUT2D eigenvalue weighted by atomic mass is 10.1. The molecule has 1 atom stereocenters. The number of phenols is 1. The number of thiophene rings is 1. The Hall–Kier alpha value is -3.53. The van der Waals surface area contributed by atoms with Crippen LogP contribution in [-0.2, 0) is 0 Å². The highest BCUT2D eigenvalue weighted by atomic mass is 32.1. The van der Waals surface area contributed by atoms with Gasteiger partial charge in [0.2, 0.25) is 0 Å². The van der Waals surface area contributed by atoms with Gasteiger partial charge in [-0.1, -0.05) is 12.1 Å². The Morgan fingerprint density at radius 3 is 2.41 bits per heavy atom. The zero-order valence-electron chi connectivity index (χ0n) is 16.1. The number of carbonyl (C=O) groups excluding carboxylic acids is 1. The van der Waals surface area contributed by atoms with E-state index in [1.807, 2.05) is 24.4 Å². The van der Waals surface area contributed by atoms with Gasteiger partial charge >= 0.3 is 0 Å². The standard InChI is InChI=1S/C19H21N5O4S/c1-10(13-8-5-9-29-13)20-14-15(18(27)23-22-17(14)26)21-12-7-4-6-11(16(12)25)19(28)24(2)3/h4-10,25H,1-3H3,(H2,20,23,27)(H2,21,22,26)/t10-/m1/s1. The van der Waals surface area contributed by atoms with Gasteiger partial charge in [0.1, 0.15) is 11.4 Å². The fourth-order valence-corrected chi connectivity index (χ4v) is 3.47. The van der Waals surface area contributed by atoms with Gasteiger partial charge in [0.15, 0.2) is 5.75 Å². The van der Waals surface area contributed by atoms with Crippen molar-refractivity contribution in [2.75, 3.05) is 24.7 Å². The molecular weight excluding hydrogens is 394 g/mol. The van der Waals surface area contributed by atoms with Gasteiger partial charge in [0.25, 0.3) is 17.0 Å². The Balaban J connectivity index is 2.01. The van der Waals surface area contributed by atoms with E-state index in [2.05, 4.69) is 20.8 Å². The van der Waals surface area contributed by atoms with E-state index in [1.165, 1.54) is 28.4 Å². The number of aromatic hydroxyl groups is 1. The zero-order valence-corrected chi connectivity index (χ0v) is 16.9. The predicted octanol–water partition coefficient (Wildman–Crippen LogP) is 2.45. The number of phenolic OH excluding ortho intramolecular Hbond substituents is 1. The molecule has 2 heterocycles. The summed E-state index contributed by atoms with van der Waals surface area (Å²) in [5.41, 5.74) is -0.964. The molecule has 2 aromatic heterocycles. The third kappa shape index (κ3) is 4.16. The smallest absolute Gasteiger partial charge is 0.288 e. The van der Waals surface area contributed by atoms with Crippen molar-refractivity contribution < 1.29 is 9.90 Å². The van der Waals surface area contributed by atoms with Crippen LogP contribution in [0.1, 0.15) is 28.2 Å². The number of nitrogens with one attached hydrogen (secondary N) is 4. The van der Waals surface area contributed by atoms with Crippen LogP contribution in [-0.4, -0.2) is 40.2 Å². The van der Waals surface area contributed by atoms with Gasteiger partial charge in [-0.05, 0) is 30.5 Å². The Morgan fingerprint density at radius 1 is 1.10 bits per heavy atom. The average Bonchev–Trinajstić information content (AvgIpc) is 3.23. The molecule has 3 rings (SSSR count). The third-order valence-electron chi connectivity index (χ3n) is 4.26. The van der Waals surface area contributed by atoms with Crippen LogP contribution in [0.4, 0.5) is 17.1 Å². The number of benzene rings is 1. The summed E-state index contributed by atoms with van der Waals surface area (Å²) in [6.45, 7) is 1.87. The summed E-state index contributed by atoms with van der Waals surface area (Å²) in [5.74, 6) is -0.709. The minimum absolute atomic E-state index is 0.0263. The largest absolute Gasteiger partial charge is 0.505 e. The number of aromatic amines is 2. The third-order valence-corrected chi connectivity index (χ3v) is 5.31. The van der Waals surface area contributed by atoms with Crippen molar-refractivity contribution >= 4 is 34.3 Å². The van der Waals surface area contributed by atoms with Crippen molar-refractivity contribution in [1.82, 2.24) is 15.1 Å². The van der Waals surface area contributed by atoms with Gasteiger partial charge < -0.3 is 20.6 Å². The average molecular weight is 415 g/mol. The molecule has 9 nitrogen and oxygen atoms in total. The van der Waals surface area contributed by atoms with Crippen molar-refractivity contribution in [3.8, 4) is 5.75 Å². The number of hydrogen-bond acceptors (Lipinski definition) is 7. The SMILES string of the molecule is C[C@@H](Nc1c(Nc2cccc(C(=O)N(C)C)c2O)c(=O)[nH][nH]c1=O)c1cccs1. The highest BCUT2D eigenvalue weighted by Gasteiger charge is 2.20. The van der Waals surface area contributed by atoms with E-state index in [1.54, 1.807) is 20.2 Å². The summed E-state index contributed by atoms with van der Waals surface area (Å²) < 4.78 is 0. The molecule has 0 radical (unpaired) electrons. The normalized spacial score (nSPS) is 11.7. The molecule has 0 saturated carbocycles. The zero-order chi connectivity index (χ0) is 21.1. The number of aromatic nitrogens is 2. The van der Waals surface area contributed by atoms with Gasteiger partial charge in [0, 0.05) is 19.0 Å². The van der Waals surface area contributed by atoms with E-state index in [-0.39, 0.29) is 34.4 Å². The van der Waals surface area contributed by atoms with Crippen molar-refractivity contribution in [3.05, 3.63) is 66.9 Å². The number of rotatable bonds is 6. The molecular formula is C19H21N5O4S. The van der Waals surface area contributed by atoms with Crippen LogP contribution in [0, 0.1) is 0 Å². The fraction of sp³-hybridized carbons (Fsp3) is 0.211. The van der Waals surface area contributed by atoms with Crippen LogP contribution < -0.4 is 21.8 Å². The Labute approximate surface area is 170 Å². The molecule has 152 valence electrons. The number of anilines is 3. The van der Waals surface area contributed by atoms with E-state index < -0.39 is 17.0 Å². The van der Waals surface area contributed by atoms with Crippen LogP contribution >= 0.6 is 11.3 Å². The molecule has 0 fully saturated rings. The van der Waals surface area contributed by atoms with E-state index in [0.29, 0.717) is 0 Å². The maximum Gasteiger partial charge on any atom is 0.288 e. The summed E-state index contributed by atoms with van der Waals surface area (Å²) >= 11 is 1.52. The molecule has 3 aromatic rings. The van der Waals surface area contributed by atoms with Crippen molar-refractivity contribution in [2.45, 2.75) is 13.0 Å². The first-order valence-electron chi connectivity index (χ1n) is 8.75. The van der Waals surface area contributed by atoms with Gasteiger partial charge in [-0.3, -0.25) is 24.6 Å². The summed E-state index contributed by atoms with van der Waals surface area (Å²) in [6.07, 6.45) is 0. The summed E-state index contributed by atoms with van der Waals surface area (Å²) in [4.78, 5) is 39.4. The maximum absolute atomic E-state index is 12.4. The monoisotopic (exact) mass is 415 g/mol. The fourth-order valence-electron chi connectivity index (χ4n) is 2.74. The highest BCUT2D eigenvalue weighted by molar-refractivity contribution is 7.10. The van der Waals surface area contributed by atoms with Crippen LogP contribution in [0.15, 0.2) is 45.3 Å². The molecule has 1 amide bonds. The van der Waals surface area contributed by atoms with Crippen molar-refractivity contribution in [1.29, 1.82) is 0 Å². The second-order valence-electron chi connectivity index (χ2n) is 6.57. The van der Waals surface area contributed by atoms with Gasteiger partial charge in [-0.25, -0.2) is 0 Å². The number of hydrogen-bond donors (Lipinski definition) is 5. The number of nitrogens with zero attached hydrogens (tertiary/aromatic N) is 1. The lowest BCUT2D eigenvalue weighted by Crippen LogP contribution is -2.27. The van der Waals surface area contributed by atoms with Crippen LogP contribution in [0.5, 0.6) is 5.75 Å². The molecule has 0 saturated heterocycles. The first kappa shape index (κ1) is 20.2. The molecule has 29 heavy (non-hydrogen) atoms. The first-order chi connectivity index (χ1) is 13.8. The maximum atomic E-state index is 12.4. The number of amides is 1. The van der Waals surface area contributed by atoms with Crippen molar-refractivity contribution in [3.63, 3.8) is 0 Å². The summed E-state index contributed by atoms with van der Waals surface area (Å²) in [6, 6.07) is 8.14. The van der Waals surface area contributed by atoms with Crippen molar-refractivity contribution in [2.24, 2.45) is 0 Å². The minimum Gasteiger partial charge on any atom is -0.505 e. The predicted molar refractivity (Wildman–Crippen MR) is 113 cm³/mol. The van der Waals surface area contributed by atoms with Gasteiger partial charge in [-0.15, -0.1) is 11.3 Å². The van der Waals surface area contributed by atoms with Crippen LogP contribution in [0.25, 0.3) is 0 Å². The van der Waals surface area contributed by atoms with E-state index in [0.717, 1.165) is 4.88 Å². The number of carbonyl (C=O) groups is 1. The number of H-pyrrole nitrogens is 2. The van der Waals surface area contributed by atoms with Crippen LogP contribution in [0.3, 0.4) is 0 Å². The minimum atomic E-state index is -0.589. The lowest BCUT2D eigenvalue weighted by Gasteiger charge is -2.18. The molecule has 0 spiro atoms. The second-order valence-corrected chi connectivity index (χ2v) is 7.55. The van der Waals surface area contributed by atoms with Crippen LogP contribution in [0.2, 0.25) is 0 Å². The van der Waals surface area contributed by atoms with Gasteiger partial charge in [-0.2, -0.15) is 0 Å². The Bertz CT molecular complexity index is 1130. The molecule has 0 aliphatic carbocycles. The molecule has 5 N–H and O–H groups in total. The number of para-hydroxylation sites is 1. The molecule has 0 aliphatic rings. The lowest BCUT2D eigenvalue weighted by molar-refractivity contribution is 0.0824. The first-order valence-corrected chi connectivity index (χ1v) is 9.63. The van der Waals surface area contributed by atoms with E-state index in [9.17, 15) is 19.5 Å². The molecule has 0 aliphatic heterocycles. The topological polar surface area (TPSA) is 130 Å². The Kier molecular flexibility index (Phi) is 5.74. The summed E-state index contributed by atoms with van der Waals surface area (Å²) in [5, 5.41) is 22.8. The van der Waals surface area contributed by atoms with E-state index in [4.69, 9.17) is 0 Å². The van der Waals surface area contributed by atoms with E-state index >= 15 is 0 Å². The highest BCUT2D eigenvalue weighted by Crippen LogP contribution is 2.32. The van der Waals surface area contributed by atoms with Gasteiger partial charge in [0.05, 0.1) is 17.3 Å². The Morgan fingerprint density at radius 2 is 1.79 bits per heavy atom. The molecule has 1 aromatic carbocycles. The summed E-state index contributed by atoms with van der Waals surface area (Å²) in [7, 11) is 3.13. The molecule has 0 unspecified atom stereocenters. The molecule has 10 heteroatoms. The molecule has 0 bridgehead atoms.